The molecule has 0 fully saturated rings. The maximum Gasteiger partial charge on any atom is 0.243 e. The van der Waals surface area contributed by atoms with E-state index in [-0.39, 0.29) is 11.9 Å². The molecule has 136 valence electrons. The Kier molecular flexibility index (Phi) is 17.0. The molecule has 1 amide bonds. The standard InChI is InChI=1S/C21H41NO/c1-4-6-7-8-9-10-11-12-13-14-15-16-17-18-19-20(3)22-21(23)5-2/h5,20H,2,4,6-19H2,1,3H3,(H,22,23). The van der Waals surface area contributed by atoms with Gasteiger partial charge in [-0.05, 0) is 19.4 Å². The second-order valence-corrected chi connectivity index (χ2v) is 7.00. The summed E-state index contributed by atoms with van der Waals surface area (Å²) in [5.74, 6) is -0.0529. The van der Waals surface area contributed by atoms with Crippen molar-refractivity contribution in [3.8, 4) is 0 Å². The minimum atomic E-state index is -0.0529. The van der Waals surface area contributed by atoms with Gasteiger partial charge in [-0.1, -0.05) is 103 Å². The molecule has 2 nitrogen and oxygen atoms in total. The minimum Gasteiger partial charge on any atom is -0.350 e. The maximum absolute atomic E-state index is 11.1. The van der Waals surface area contributed by atoms with Gasteiger partial charge in [0.1, 0.15) is 0 Å². The predicted molar refractivity (Wildman–Crippen MR) is 103 cm³/mol. The van der Waals surface area contributed by atoms with Crippen molar-refractivity contribution in [1.82, 2.24) is 5.32 Å². The van der Waals surface area contributed by atoms with Crippen LogP contribution in [0.3, 0.4) is 0 Å². The number of hydrogen-bond acceptors (Lipinski definition) is 1. The highest BCUT2D eigenvalue weighted by Gasteiger charge is 2.03. The van der Waals surface area contributed by atoms with E-state index in [2.05, 4.69) is 25.7 Å². The first-order valence-electron chi connectivity index (χ1n) is 10.1. The zero-order chi connectivity index (χ0) is 17.2. The van der Waals surface area contributed by atoms with Crippen LogP contribution in [0.15, 0.2) is 12.7 Å². The first-order valence-corrected chi connectivity index (χ1v) is 10.1. The molecule has 0 rings (SSSR count). The molecule has 0 saturated heterocycles. The molecular formula is C21H41NO. The van der Waals surface area contributed by atoms with E-state index < -0.39 is 0 Å². The lowest BCUT2D eigenvalue weighted by molar-refractivity contribution is -0.117. The van der Waals surface area contributed by atoms with Gasteiger partial charge in [-0.2, -0.15) is 0 Å². The number of rotatable bonds is 17. The van der Waals surface area contributed by atoms with Crippen molar-refractivity contribution in [3.63, 3.8) is 0 Å². The van der Waals surface area contributed by atoms with E-state index in [4.69, 9.17) is 0 Å². The van der Waals surface area contributed by atoms with Gasteiger partial charge in [-0.15, -0.1) is 0 Å². The molecule has 0 aromatic heterocycles. The quantitative estimate of drug-likeness (QED) is 0.239. The fourth-order valence-corrected chi connectivity index (χ4v) is 3.02. The second-order valence-electron chi connectivity index (χ2n) is 7.00. The van der Waals surface area contributed by atoms with Crippen molar-refractivity contribution in [2.24, 2.45) is 0 Å². The molecule has 0 aromatic carbocycles. The molecule has 1 N–H and O–H groups in total. The molecule has 0 aliphatic heterocycles. The van der Waals surface area contributed by atoms with Crippen molar-refractivity contribution in [2.45, 2.75) is 116 Å². The summed E-state index contributed by atoms with van der Waals surface area (Å²) in [6, 6.07) is 0.276. The van der Waals surface area contributed by atoms with Gasteiger partial charge in [0.05, 0.1) is 0 Å². The molecule has 0 spiro atoms. The van der Waals surface area contributed by atoms with E-state index >= 15 is 0 Å². The highest BCUT2D eigenvalue weighted by atomic mass is 16.1. The van der Waals surface area contributed by atoms with Crippen LogP contribution in [-0.2, 0) is 4.79 Å². The summed E-state index contributed by atoms with van der Waals surface area (Å²) in [4.78, 5) is 11.1. The lowest BCUT2D eigenvalue weighted by atomic mass is 10.0. The molecule has 0 radical (unpaired) electrons. The van der Waals surface area contributed by atoms with Gasteiger partial charge >= 0.3 is 0 Å². The smallest absolute Gasteiger partial charge is 0.243 e. The second kappa shape index (κ2) is 17.6. The zero-order valence-corrected chi connectivity index (χ0v) is 15.9. The van der Waals surface area contributed by atoms with Crippen LogP contribution >= 0.6 is 0 Å². The van der Waals surface area contributed by atoms with Crippen LogP contribution in [0.1, 0.15) is 110 Å². The lowest BCUT2D eigenvalue weighted by Crippen LogP contribution is -2.30. The topological polar surface area (TPSA) is 29.1 Å². The van der Waals surface area contributed by atoms with Gasteiger partial charge in [0.2, 0.25) is 5.91 Å². The van der Waals surface area contributed by atoms with Crippen molar-refractivity contribution in [2.75, 3.05) is 0 Å². The average Bonchev–Trinajstić information content (AvgIpc) is 2.55. The lowest BCUT2D eigenvalue weighted by Gasteiger charge is -2.11. The number of amides is 1. The fraction of sp³-hybridized carbons (Fsp3) is 0.857. The van der Waals surface area contributed by atoms with Crippen LogP contribution in [0.25, 0.3) is 0 Å². The predicted octanol–water partition coefficient (Wildman–Crippen LogP) is 6.55. The van der Waals surface area contributed by atoms with Crippen LogP contribution in [0, 0.1) is 0 Å². The normalized spacial score (nSPS) is 12.1. The highest BCUT2D eigenvalue weighted by molar-refractivity contribution is 5.87. The number of carbonyl (C=O) groups is 1. The summed E-state index contributed by atoms with van der Waals surface area (Å²) in [5.41, 5.74) is 0. The van der Waals surface area contributed by atoms with Crippen molar-refractivity contribution < 1.29 is 4.79 Å². The summed E-state index contributed by atoms with van der Waals surface area (Å²) in [6.45, 7) is 7.83. The number of hydrogen-bond donors (Lipinski definition) is 1. The van der Waals surface area contributed by atoms with Gasteiger partial charge < -0.3 is 5.32 Å². The Bertz CT molecular complexity index is 275. The molecular weight excluding hydrogens is 282 g/mol. The third kappa shape index (κ3) is 17.4. The number of carbonyl (C=O) groups excluding carboxylic acids is 1. The van der Waals surface area contributed by atoms with Crippen LogP contribution in [0.2, 0.25) is 0 Å². The SMILES string of the molecule is C=CC(=O)NC(C)CCCCCCCCCCCCCCCC. The van der Waals surface area contributed by atoms with Crippen LogP contribution in [0.5, 0.6) is 0 Å². The maximum atomic E-state index is 11.1. The zero-order valence-electron chi connectivity index (χ0n) is 15.9. The Hall–Kier alpha value is -0.790. The molecule has 23 heavy (non-hydrogen) atoms. The van der Waals surface area contributed by atoms with E-state index in [1.165, 1.54) is 96.0 Å². The monoisotopic (exact) mass is 323 g/mol. The Morgan fingerprint density at radius 2 is 1.22 bits per heavy atom. The van der Waals surface area contributed by atoms with E-state index in [1.54, 1.807) is 0 Å². The Labute approximate surface area is 145 Å². The molecule has 0 aromatic rings. The minimum absolute atomic E-state index is 0.0529. The fourth-order valence-electron chi connectivity index (χ4n) is 3.02. The Morgan fingerprint density at radius 1 is 0.826 bits per heavy atom. The molecule has 2 heteroatoms. The highest BCUT2D eigenvalue weighted by Crippen LogP contribution is 2.13. The third-order valence-electron chi connectivity index (χ3n) is 4.56. The first-order chi connectivity index (χ1) is 11.2. The summed E-state index contributed by atoms with van der Waals surface area (Å²) < 4.78 is 0. The van der Waals surface area contributed by atoms with Gasteiger partial charge in [0.25, 0.3) is 0 Å². The van der Waals surface area contributed by atoms with Crippen molar-refractivity contribution in [3.05, 3.63) is 12.7 Å². The van der Waals surface area contributed by atoms with Crippen LogP contribution < -0.4 is 5.32 Å². The van der Waals surface area contributed by atoms with Crippen LogP contribution in [-0.4, -0.2) is 11.9 Å². The van der Waals surface area contributed by atoms with E-state index in [1.807, 2.05) is 0 Å². The van der Waals surface area contributed by atoms with E-state index in [9.17, 15) is 4.79 Å². The Morgan fingerprint density at radius 3 is 1.61 bits per heavy atom. The summed E-state index contributed by atoms with van der Waals surface area (Å²) in [6.07, 6.45) is 21.9. The van der Waals surface area contributed by atoms with E-state index in [0.717, 1.165) is 6.42 Å². The molecule has 0 aliphatic rings. The van der Waals surface area contributed by atoms with Crippen molar-refractivity contribution >= 4 is 5.91 Å². The first kappa shape index (κ1) is 22.2. The Balaban J connectivity index is 3.13. The van der Waals surface area contributed by atoms with E-state index in [0.29, 0.717) is 0 Å². The van der Waals surface area contributed by atoms with Gasteiger partial charge in [-0.3, -0.25) is 4.79 Å². The molecule has 0 heterocycles. The largest absolute Gasteiger partial charge is 0.350 e. The summed E-state index contributed by atoms with van der Waals surface area (Å²) in [7, 11) is 0. The van der Waals surface area contributed by atoms with Gasteiger partial charge in [-0.25, -0.2) is 0 Å². The van der Waals surface area contributed by atoms with Crippen molar-refractivity contribution in [1.29, 1.82) is 0 Å². The molecule has 1 atom stereocenters. The number of unbranched alkanes of at least 4 members (excludes halogenated alkanes) is 13. The van der Waals surface area contributed by atoms with Gasteiger partial charge in [0, 0.05) is 6.04 Å². The summed E-state index contributed by atoms with van der Waals surface area (Å²) in [5, 5.41) is 2.92. The third-order valence-corrected chi connectivity index (χ3v) is 4.56. The molecule has 0 saturated carbocycles. The molecule has 1 unspecified atom stereocenters. The summed E-state index contributed by atoms with van der Waals surface area (Å²) >= 11 is 0. The molecule has 0 aliphatic carbocycles. The molecule has 0 bridgehead atoms. The number of nitrogens with one attached hydrogen (secondary N) is 1. The van der Waals surface area contributed by atoms with Crippen LogP contribution in [0.4, 0.5) is 0 Å². The average molecular weight is 324 g/mol. The van der Waals surface area contributed by atoms with Gasteiger partial charge in [0.15, 0.2) is 0 Å².